The zero-order chi connectivity index (χ0) is 48.8. The number of carbonyl (C=O) groups is 2. The van der Waals surface area contributed by atoms with E-state index in [9.17, 15) is 52.8 Å². The highest BCUT2D eigenvalue weighted by Gasteiger charge is 2.35. The van der Waals surface area contributed by atoms with E-state index in [2.05, 4.69) is 41.3 Å². The van der Waals surface area contributed by atoms with Gasteiger partial charge >= 0.3 is 24.3 Å². The van der Waals surface area contributed by atoms with Crippen LogP contribution in [0.5, 0.6) is 11.5 Å². The van der Waals surface area contributed by atoms with Crippen molar-refractivity contribution in [3.8, 4) is 11.5 Å². The summed E-state index contributed by atoms with van der Waals surface area (Å²) in [6, 6.07) is 13.8. The molecule has 6 rings (SSSR count). The van der Waals surface area contributed by atoms with Gasteiger partial charge in [-0.05, 0) is 130 Å². The van der Waals surface area contributed by atoms with E-state index in [1.54, 1.807) is 57.2 Å². The summed E-state index contributed by atoms with van der Waals surface area (Å²) in [6.07, 6.45) is -4.46. The van der Waals surface area contributed by atoms with Gasteiger partial charge in [0.05, 0.1) is 20.9 Å². The van der Waals surface area contributed by atoms with Crippen molar-refractivity contribution >= 4 is 63.8 Å². The van der Waals surface area contributed by atoms with Crippen LogP contribution < -0.4 is 18.9 Å². The molecule has 0 heterocycles. The monoisotopic (exact) mass is 1100 g/mol. The summed E-state index contributed by atoms with van der Waals surface area (Å²) < 4.78 is 153. The molecule has 0 spiro atoms. The third-order valence-electron chi connectivity index (χ3n) is 10.2. The van der Waals surface area contributed by atoms with Gasteiger partial charge in [0.25, 0.3) is 0 Å². The number of carboxylic acids is 1. The number of nitrogens with one attached hydrogen (secondary N) is 2. The summed E-state index contributed by atoms with van der Waals surface area (Å²) in [5, 5.41) is 8.87. The second kappa shape index (κ2) is 21.4. The predicted molar refractivity (Wildman–Crippen MR) is 237 cm³/mol. The molecule has 2 aliphatic rings. The number of aliphatic carboxylic acids is 1. The van der Waals surface area contributed by atoms with E-state index in [0.29, 0.717) is 78.8 Å². The average molecular weight is 1100 g/mol. The third-order valence-corrected chi connectivity index (χ3v) is 14.0. The van der Waals surface area contributed by atoms with Crippen molar-refractivity contribution in [1.82, 2.24) is 9.44 Å². The van der Waals surface area contributed by atoms with E-state index in [0.717, 1.165) is 42.7 Å². The van der Waals surface area contributed by atoms with Gasteiger partial charge < -0.3 is 19.3 Å². The van der Waals surface area contributed by atoms with E-state index >= 15 is 0 Å². The largest absolute Gasteiger partial charge is 0.482 e. The molecule has 0 radical (unpaired) electrons. The fraction of sp³-hybridized carbons (Fsp3) is 0.409. The molecule has 0 bridgehead atoms. The smallest absolute Gasteiger partial charge is 0.416 e. The maximum absolute atomic E-state index is 13.2. The number of sulfonamides is 2. The molecule has 0 aromatic heterocycles. The number of benzene rings is 4. The van der Waals surface area contributed by atoms with Crippen molar-refractivity contribution in [1.29, 1.82) is 0 Å². The summed E-state index contributed by atoms with van der Waals surface area (Å²) in [6.45, 7) is 4.41. The van der Waals surface area contributed by atoms with Crippen molar-refractivity contribution in [3.05, 3.63) is 115 Å². The lowest BCUT2D eigenvalue weighted by molar-refractivity contribution is -0.157. The van der Waals surface area contributed by atoms with Gasteiger partial charge in [-0.25, -0.2) is 35.9 Å². The first-order chi connectivity index (χ1) is 30.6. The number of halogens is 8. The number of ether oxygens (including phenoxy) is 3. The second-order valence-corrected chi connectivity index (χ2v) is 21.7. The molecule has 0 amide bonds. The summed E-state index contributed by atoms with van der Waals surface area (Å²) >= 11 is 5.91. The van der Waals surface area contributed by atoms with Crippen molar-refractivity contribution < 1.29 is 72.1 Å². The third kappa shape index (κ3) is 14.6. The highest BCUT2D eigenvalue weighted by Crippen LogP contribution is 2.39. The van der Waals surface area contributed by atoms with Crippen LogP contribution in [0.3, 0.4) is 0 Å². The van der Waals surface area contributed by atoms with Gasteiger partial charge in [0.15, 0.2) is 13.2 Å². The Morgan fingerprint density at radius 2 is 1.06 bits per heavy atom. The second-order valence-electron chi connectivity index (χ2n) is 16.4. The molecule has 4 aromatic rings. The Labute approximate surface area is 395 Å². The Hall–Kier alpha value is -4.22. The minimum atomic E-state index is -4.70. The zero-order valence-corrected chi connectivity index (χ0v) is 40.4. The normalized spacial score (nSPS) is 16.9. The average Bonchev–Trinajstić information content (AvgIpc) is 3.53. The summed E-state index contributed by atoms with van der Waals surface area (Å²) in [4.78, 5) is 21.9. The standard InChI is InChI=1S/C24H27BrF3NO5S.C20H19BrF3NO5S/c1-23(2,3)34-22(30)14-33-21-10-6-8-18-19(21)7-4-5-9-20(18)29-35(31,32)17-12-15(24(26,27)28)11-16(25)13-17;21-13-8-12(20(22,23)24)9-14(10-13)31(28,29)25-17-6-2-1-4-16-15(17)5-3-7-18(16)30-11-19(26)27/h6,8,10-13,20,29H,4-5,7,9,14H2,1-3H3;3,5,7-10,17,25H,1-2,4,6,11H2,(H,26,27). The van der Waals surface area contributed by atoms with Crippen LogP contribution in [0.15, 0.2) is 91.5 Å². The first-order valence-corrected chi connectivity index (χ1v) is 24.9. The number of rotatable bonds is 12. The first kappa shape index (κ1) is 52.7. The van der Waals surface area contributed by atoms with E-state index < -0.39 is 89.5 Å². The van der Waals surface area contributed by atoms with Gasteiger partial charge in [0, 0.05) is 21.0 Å². The van der Waals surface area contributed by atoms with Gasteiger partial charge in [-0.1, -0.05) is 69.0 Å². The lowest BCUT2D eigenvalue weighted by Crippen LogP contribution is -2.29. The van der Waals surface area contributed by atoms with E-state index in [1.165, 1.54) is 0 Å². The molecule has 22 heteroatoms. The fourth-order valence-electron chi connectivity index (χ4n) is 7.40. The Bertz CT molecular complexity index is 2640. The maximum Gasteiger partial charge on any atom is 0.416 e. The van der Waals surface area contributed by atoms with Crippen LogP contribution in [0.1, 0.15) is 105 Å². The van der Waals surface area contributed by atoms with E-state index in [4.69, 9.17) is 19.3 Å². The van der Waals surface area contributed by atoms with Gasteiger partial charge in [-0.3, -0.25) is 0 Å². The number of carbonyl (C=O) groups excluding carboxylic acids is 1. The Morgan fingerprint density at radius 3 is 1.44 bits per heavy atom. The summed E-state index contributed by atoms with van der Waals surface area (Å²) in [5.41, 5.74) is -0.0609. The van der Waals surface area contributed by atoms with Crippen LogP contribution in [0.4, 0.5) is 26.3 Å². The van der Waals surface area contributed by atoms with Crippen LogP contribution in [0.25, 0.3) is 0 Å². The first-order valence-electron chi connectivity index (χ1n) is 20.4. The molecule has 0 aliphatic heterocycles. The van der Waals surface area contributed by atoms with Crippen LogP contribution >= 0.6 is 31.9 Å². The Morgan fingerprint density at radius 1 is 0.652 bits per heavy atom. The quantitative estimate of drug-likeness (QED) is 0.0704. The molecule has 4 aromatic carbocycles. The number of hydrogen-bond acceptors (Lipinski definition) is 9. The topological polar surface area (TPSA) is 174 Å². The molecule has 0 saturated carbocycles. The minimum Gasteiger partial charge on any atom is -0.482 e. The molecule has 0 fully saturated rings. The lowest BCUT2D eigenvalue weighted by atomic mass is 9.99. The Kier molecular flexibility index (Phi) is 17.1. The van der Waals surface area contributed by atoms with Crippen LogP contribution in [0, 0.1) is 0 Å². The molecule has 12 nitrogen and oxygen atoms in total. The molecule has 2 atom stereocenters. The molecule has 2 aliphatic carbocycles. The van der Waals surface area contributed by atoms with Crippen LogP contribution in [-0.2, 0) is 59.6 Å². The molecule has 66 heavy (non-hydrogen) atoms. The van der Waals surface area contributed by atoms with Crippen LogP contribution in [0.2, 0.25) is 0 Å². The molecule has 360 valence electrons. The van der Waals surface area contributed by atoms with Crippen LogP contribution in [-0.4, -0.2) is 52.7 Å². The van der Waals surface area contributed by atoms with Crippen molar-refractivity contribution in [2.75, 3.05) is 13.2 Å². The number of esters is 1. The highest BCUT2D eigenvalue weighted by atomic mass is 79.9. The number of alkyl halides is 6. The minimum absolute atomic E-state index is 0.00618. The van der Waals surface area contributed by atoms with Crippen molar-refractivity contribution in [3.63, 3.8) is 0 Å². The predicted octanol–water partition coefficient (Wildman–Crippen LogP) is 10.6. The SMILES string of the molecule is CC(C)(C)OC(=O)COc1cccc2c1CCCCC2NS(=O)(=O)c1cc(Br)cc(C(F)(F)F)c1.O=C(O)COc1cccc2c1CCCCC2NS(=O)(=O)c1cc(Br)cc(C(F)(F)F)c1. The van der Waals surface area contributed by atoms with E-state index in [-0.39, 0.29) is 15.6 Å². The van der Waals surface area contributed by atoms with Gasteiger partial charge in [0.2, 0.25) is 20.0 Å². The van der Waals surface area contributed by atoms with Gasteiger partial charge in [0.1, 0.15) is 17.1 Å². The van der Waals surface area contributed by atoms with Crippen molar-refractivity contribution in [2.24, 2.45) is 0 Å². The lowest BCUT2D eigenvalue weighted by Gasteiger charge is -2.22. The van der Waals surface area contributed by atoms with Gasteiger partial charge in [-0.15, -0.1) is 0 Å². The summed E-state index contributed by atoms with van der Waals surface area (Å²) in [7, 11) is -8.56. The van der Waals surface area contributed by atoms with Crippen molar-refractivity contribution in [2.45, 2.75) is 112 Å². The number of carboxylic acid groups (broad SMARTS) is 1. The molecule has 0 saturated heterocycles. The molecule has 3 N–H and O–H groups in total. The highest BCUT2D eigenvalue weighted by molar-refractivity contribution is 9.10. The molecule has 2 unspecified atom stereocenters. The zero-order valence-electron chi connectivity index (χ0n) is 35.6. The van der Waals surface area contributed by atoms with E-state index in [1.807, 2.05) is 0 Å². The maximum atomic E-state index is 13.2. The van der Waals surface area contributed by atoms with Gasteiger partial charge in [-0.2, -0.15) is 26.3 Å². The molecular formula is C44H46Br2F6N2O10S2. The summed E-state index contributed by atoms with van der Waals surface area (Å²) in [5.74, 6) is -0.871. The Balaban J connectivity index is 0.000000249. The fourth-order valence-corrected chi connectivity index (χ4v) is 11.3. The number of hydrogen-bond donors (Lipinski definition) is 3. The number of fused-ring (bicyclic) bond motifs is 2. The molecular weight excluding hydrogens is 1050 g/mol.